The van der Waals surface area contributed by atoms with Gasteiger partial charge in [-0.25, -0.2) is 9.80 Å². The summed E-state index contributed by atoms with van der Waals surface area (Å²) in [6.45, 7) is 0. The fraction of sp³-hybridized carbons (Fsp3) is 0. The number of hydrogen-bond acceptors (Lipinski definition) is 2. The molecule has 94 valence electrons. The Bertz CT molecular complexity index is 622. The number of fused-ring (bicyclic) bond motifs is 1. The number of amides is 2. The molecule has 1 heterocycles. The first kappa shape index (κ1) is 11.3. The van der Waals surface area contributed by atoms with E-state index in [1.165, 1.54) is 5.01 Å². The van der Waals surface area contributed by atoms with Gasteiger partial charge in [-0.3, -0.25) is 5.43 Å². The zero-order chi connectivity index (χ0) is 13.1. The Kier molecular flexibility index (Phi) is 2.90. The number of hydrogen-bond donors (Lipinski definition) is 2. The number of nitrogens with zero attached hydrogens (tertiary/aromatic N) is 1. The SMILES string of the molecule is O=C(Nc1ccccc1)N1C=Cc2ccccc2N1. The summed E-state index contributed by atoms with van der Waals surface area (Å²) in [5.41, 5.74) is 5.79. The number of urea groups is 1. The van der Waals surface area contributed by atoms with Gasteiger partial charge >= 0.3 is 6.03 Å². The second-order valence-corrected chi connectivity index (χ2v) is 4.18. The van der Waals surface area contributed by atoms with E-state index >= 15 is 0 Å². The molecule has 0 fully saturated rings. The van der Waals surface area contributed by atoms with E-state index in [1.54, 1.807) is 6.20 Å². The number of carbonyl (C=O) groups is 1. The van der Waals surface area contributed by atoms with Gasteiger partial charge in [0, 0.05) is 17.5 Å². The molecule has 0 atom stereocenters. The maximum atomic E-state index is 12.1. The third kappa shape index (κ3) is 2.42. The molecule has 1 aliphatic heterocycles. The zero-order valence-corrected chi connectivity index (χ0v) is 10.2. The molecular formula is C15H13N3O. The highest BCUT2D eigenvalue weighted by Crippen LogP contribution is 2.22. The van der Waals surface area contributed by atoms with E-state index in [4.69, 9.17) is 0 Å². The summed E-state index contributed by atoms with van der Waals surface area (Å²) >= 11 is 0. The number of para-hydroxylation sites is 2. The van der Waals surface area contributed by atoms with E-state index in [0.717, 1.165) is 16.9 Å². The molecule has 4 nitrogen and oxygen atoms in total. The minimum atomic E-state index is -0.225. The van der Waals surface area contributed by atoms with Crippen LogP contribution in [0.1, 0.15) is 5.56 Å². The fourth-order valence-electron chi connectivity index (χ4n) is 1.89. The molecular weight excluding hydrogens is 238 g/mol. The molecule has 0 spiro atoms. The van der Waals surface area contributed by atoms with Crippen molar-refractivity contribution in [1.29, 1.82) is 0 Å². The molecule has 0 aliphatic carbocycles. The lowest BCUT2D eigenvalue weighted by molar-refractivity contribution is 0.235. The minimum absolute atomic E-state index is 0.225. The van der Waals surface area contributed by atoms with E-state index in [1.807, 2.05) is 60.7 Å². The van der Waals surface area contributed by atoms with Crippen LogP contribution in [0.3, 0.4) is 0 Å². The molecule has 19 heavy (non-hydrogen) atoms. The summed E-state index contributed by atoms with van der Waals surface area (Å²) in [6.07, 6.45) is 3.61. The number of carbonyl (C=O) groups excluding carboxylic acids is 1. The van der Waals surface area contributed by atoms with Gasteiger partial charge in [0.15, 0.2) is 0 Å². The summed E-state index contributed by atoms with van der Waals surface area (Å²) < 4.78 is 0. The van der Waals surface area contributed by atoms with E-state index < -0.39 is 0 Å². The van der Waals surface area contributed by atoms with Gasteiger partial charge in [0.25, 0.3) is 0 Å². The van der Waals surface area contributed by atoms with Crippen molar-refractivity contribution in [2.45, 2.75) is 0 Å². The molecule has 2 N–H and O–H groups in total. The van der Waals surface area contributed by atoms with Gasteiger partial charge in [0.1, 0.15) is 0 Å². The molecule has 0 saturated carbocycles. The molecule has 0 unspecified atom stereocenters. The third-order valence-electron chi connectivity index (χ3n) is 2.85. The van der Waals surface area contributed by atoms with Crippen molar-refractivity contribution in [1.82, 2.24) is 5.01 Å². The van der Waals surface area contributed by atoms with Gasteiger partial charge in [-0.1, -0.05) is 36.4 Å². The number of rotatable bonds is 1. The van der Waals surface area contributed by atoms with Gasteiger partial charge in [-0.2, -0.15) is 0 Å². The third-order valence-corrected chi connectivity index (χ3v) is 2.85. The van der Waals surface area contributed by atoms with Crippen LogP contribution in [0.25, 0.3) is 6.08 Å². The van der Waals surface area contributed by atoms with Crippen molar-refractivity contribution in [3.05, 3.63) is 66.4 Å². The monoisotopic (exact) mass is 251 g/mol. The topological polar surface area (TPSA) is 44.4 Å². The Morgan fingerprint density at radius 2 is 1.74 bits per heavy atom. The van der Waals surface area contributed by atoms with E-state index in [0.29, 0.717) is 0 Å². The average molecular weight is 251 g/mol. The van der Waals surface area contributed by atoms with Crippen molar-refractivity contribution in [3.63, 3.8) is 0 Å². The highest BCUT2D eigenvalue weighted by Gasteiger charge is 2.15. The Hall–Kier alpha value is -2.75. The second-order valence-electron chi connectivity index (χ2n) is 4.18. The van der Waals surface area contributed by atoms with Gasteiger partial charge in [0.2, 0.25) is 0 Å². The zero-order valence-electron chi connectivity index (χ0n) is 10.2. The summed E-state index contributed by atoms with van der Waals surface area (Å²) in [4.78, 5) is 12.1. The van der Waals surface area contributed by atoms with E-state index in [-0.39, 0.29) is 6.03 Å². The Morgan fingerprint density at radius 3 is 2.58 bits per heavy atom. The van der Waals surface area contributed by atoms with Gasteiger partial charge in [-0.15, -0.1) is 0 Å². The van der Waals surface area contributed by atoms with Crippen LogP contribution in [0.5, 0.6) is 0 Å². The molecule has 2 amide bonds. The van der Waals surface area contributed by atoms with Crippen molar-refractivity contribution in [2.24, 2.45) is 0 Å². The summed E-state index contributed by atoms with van der Waals surface area (Å²) in [5.74, 6) is 0. The predicted octanol–water partition coefficient (Wildman–Crippen LogP) is 3.53. The normalized spacial score (nSPS) is 12.5. The highest BCUT2D eigenvalue weighted by molar-refractivity contribution is 5.92. The van der Waals surface area contributed by atoms with Crippen LogP contribution in [0, 0.1) is 0 Å². The van der Waals surface area contributed by atoms with E-state index in [9.17, 15) is 4.79 Å². The highest BCUT2D eigenvalue weighted by atomic mass is 16.2. The summed E-state index contributed by atoms with van der Waals surface area (Å²) in [6, 6.07) is 17.0. The predicted molar refractivity (Wildman–Crippen MR) is 76.4 cm³/mol. The Balaban J connectivity index is 1.73. The van der Waals surface area contributed by atoms with Gasteiger partial charge in [-0.05, 0) is 24.3 Å². The lowest BCUT2D eigenvalue weighted by Crippen LogP contribution is -2.36. The first-order valence-electron chi connectivity index (χ1n) is 6.02. The van der Waals surface area contributed by atoms with Gasteiger partial charge in [0.05, 0.1) is 5.69 Å². The number of benzene rings is 2. The Labute approximate surface area is 111 Å². The molecule has 2 aromatic carbocycles. The van der Waals surface area contributed by atoms with Crippen molar-refractivity contribution < 1.29 is 4.79 Å². The van der Waals surface area contributed by atoms with Crippen molar-refractivity contribution >= 4 is 23.5 Å². The van der Waals surface area contributed by atoms with Gasteiger partial charge < -0.3 is 5.32 Å². The lowest BCUT2D eigenvalue weighted by atomic mass is 10.1. The molecule has 1 aliphatic rings. The quantitative estimate of drug-likeness (QED) is 0.814. The van der Waals surface area contributed by atoms with Crippen LogP contribution in [0.15, 0.2) is 60.8 Å². The number of anilines is 2. The smallest absolute Gasteiger partial charge is 0.306 e. The average Bonchev–Trinajstić information content (AvgIpc) is 2.48. The largest absolute Gasteiger partial charge is 0.344 e. The number of nitrogens with one attached hydrogen (secondary N) is 2. The first-order valence-corrected chi connectivity index (χ1v) is 6.02. The molecule has 0 aromatic heterocycles. The number of hydrazine groups is 1. The van der Waals surface area contributed by atoms with E-state index in [2.05, 4.69) is 10.7 Å². The maximum absolute atomic E-state index is 12.1. The molecule has 0 bridgehead atoms. The second kappa shape index (κ2) is 4.86. The van der Waals surface area contributed by atoms with Crippen LogP contribution in [0.4, 0.5) is 16.2 Å². The molecule has 0 saturated heterocycles. The van der Waals surface area contributed by atoms with Crippen LogP contribution >= 0.6 is 0 Å². The van der Waals surface area contributed by atoms with Crippen LogP contribution in [-0.2, 0) is 0 Å². The molecule has 0 radical (unpaired) electrons. The summed E-state index contributed by atoms with van der Waals surface area (Å²) in [5, 5.41) is 4.24. The molecule has 3 rings (SSSR count). The van der Waals surface area contributed by atoms with Crippen LogP contribution in [-0.4, -0.2) is 11.0 Å². The van der Waals surface area contributed by atoms with Crippen molar-refractivity contribution in [3.8, 4) is 0 Å². The van der Waals surface area contributed by atoms with Crippen molar-refractivity contribution in [2.75, 3.05) is 10.7 Å². The Morgan fingerprint density at radius 1 is 1.00 bits per heavy atom. The fourth-order valence-corrected chi connectivity index (χ4v) is 1.89. The first-order chi connectivity index (χ1) is 9.33. The standard InChI is InChI=1S/C15H13N3O/c19-15(16-13-7-2-1-3-8-13)18-11-10-12-6-4-5-9-14(12)17-18/h1-11,17H,(H,16,19). The maximum Gasteiger partial charge on any atom is 0.344 e. The summed E-state index contributed by atoms with van der Waals surface area (Å²) in [7, 11) is 0. The molecule has 4 heteroatoms. The minimum Gasteiger partial charge on any atom is -0.306 e. The lowest BCUT2D eigenvalue weighted by Gasteiger charge is -2.25. The van der Waals surface area contributed by atoms with Crippen LogP contribution < -0.4 is 10.7 Å². The van der Waals surface area contributed by atoms with Crippen LogP contribution in [0.2, 0.25) is 0 Å². The molecule has 2 aromatic rings.